The maximum Gasteiger partial charge on any atom is 0.240 e. The zero-order valence-electron chi connectivity index (χ0n) is 11.1. The van der Waals surface area contributed by atoms with E-state index in [2.05, 4.69) is 10.0 Å². The molecule has 0 aliphatic carbocycles. The van der Waals surface area contributed by atoms with E-state index in [0.29, 0.717) is 12.5 Å². The largest absolute Gasteiger partial charge is 0.316 e. The van der Waals surface area contributed by atoms with Crippen molar-refractivity contribution in [3.05, 3.63) is 30.1 Å². The number of rotatable bonds is 5. The third-order valence-electron chi connectivity index (χ3n) is 3.35. The van der Waals surface area contributed by atoms with E-state index < -0.39 is 15.8 Å². The molecule has 1 fully saturated rings. The van der Waals surface area contributed by atoms with Crippen LogP contribution >= 0.6 is 12.4 Å². The number of nitrogens with one attached hydrogen (secondary N) is 2. The van der Waals surface area contributed by atoms with Crippen LogP contribution in [0.2, 0.25) is 0 Å². The first kappa shape index (κ1) is 17.4. The van der Waals surface area contributed by atoms with E-state index >= 15 is 0 Å². The Morgan fingerprint density at radius 2 is 2.20 bits per heavy atom. The van der Waals surface area contributed by atoms with Gasteiger partial charge in [-0.25, -0.2) is 17.5 Å². The van der Waals surface area contributed by atoms with Crippen LogP contribution in [0, 0.1) is 11.7 Å². The first-order valence-corrected chi connectivity index (χ1v) is 8.02. The van der Waals surface area contributed by atoms with Crippen molar-refractivity contribution in [3.8, 4) is 0 Å². The molecule has 1 aromatic rings. The van der Waals surface area contributed by atoms with E-state index in [4.69, 9.17) is 0 Å². The van der Waals surface area contributed by atoms with Gasteiger partial charge in [0.05, 0.1) is 4.90 Å². The molecule has 2 rings (SSSR count). The molecule has 2 N–H and O–H groups in total. The van der Waals surface area contributed by atoms with Crippen molar-refractivity contribution in [2.75, 3.05) is 19.6 Å². The summed E-state index contributed by atoms with van der Waals surface area (Å²) >= 11 is 0. The molecule has 1 aliphatic heterocycles. The van der Waals surface area contributed by atoms with Crippen LogP contribution in [0.5, 0.6) is 0 Å². The Morgan fingerprint density at radius 3 is 2.85 bits per heavy atom. The summed E-state index contributed by atoms with van der Waals surface area (Å²) in [4.78, 5) is -0.0192. The van der Waals surface area contributed by atoms with Crippen molar-refractivity contribution >= 4 is 22.4 Å². The highest BCUT2D eigenvalue weighted by molar-refractivity contribution is 7.89. The predicted molar refractivity (Wildman–Crippen MR) is 79.0 cm³/mol. The molecule has 1 aromatic carbocycles. The highest BCUT2D eigenvalue weighted by Crippen LogP contribution is 2.14. The van der Waals surface area contributed by atoms with Gasteiger partial charge in [0.1, 0.15) is 5.82 Å². The SMILES string of the molecule is Cl.O=S(=O)(NCCC1CCCNC1)c1cccc(F)c1. The highest BCUT2D eigenvalue weighted by Gasteiger charge is 2.16. The number of hydrogen-bond donors (Lipinski definition) is 2. The standard InChI is InChI=1S/C13H19FN2O2S.ClH/c14-12-4-1-5-13(9-12)19(17,18)16-8-6-11-3-2-7-15-10-11;/h1,4-5,9,11,15-16H,2-3,6-8,10H2;1H. The normalized spacial score (nSPS) is 19.4. The molecule has 114 valence electrons. The van der Waals surface area contributed by atoms with Gasteiger partial charge in [-0.15, -0.1) is 12.4 Å². The van der Waals surface area contributed by atoms with Crippen molar-refractivity contribution in [1.82, 2.24) is 10.0 Å². The smallest absolute Gasteiger partial charge is 0.240 e. The van der Waals surface area contributed by atoms with E-state index in [1.165, 1.54) is 18.2 Å². The highest BCUT2D eigenvalue weighted by atomic mass is 35.5. The first-order chi connectivity index (χ1) is 9.08. The van der Waals surface area contributed by atoms with Crippen molar-refractivity contribution in [2.24, 2.45) is 5.92 Å². The molecular weight excluding hydrogens is 303 g/mol. The molecule has 1 saturated heterocycles. The van der Waals surface area contributed by atoms with E-state index in [-0.39, 0.29) is 17.3 Å². The molecule has 7 heteroatoms. The minimum absolute atomic E-state index is 0. The summed E-state index contributed by atoms with van der Waals surface area (Å²) in [6.07, 6.45) is 3.08. The topological polar surface area (TPSA) is 58.2 Å². The quantitative estimate of drug-likeness (QED) is 0.870. The van der Waals surface area contributed by atoms with Crippen LogP contribution in [0.4, 0.5) is 4.39 Å². The Kier molecular flexibility index (Phi) is 6.88. The summed E-state index contributed by atoms with van der Waals surface area (Å²) in [7, 11) is -3.59. The lowest BCUT2D eigenvalue weighted by Gasteiger charge is -2.22. The average molecular weight is 323 g/mol. The van der Waals surface area contributed by atoms with Crippen molar-refractivity contribution < 1.29 is 12.8 Å². The Morgan fingerprint density at radius 1 is 1.40 bits per heavy atom. The maximum absolute atomic E-state index is 13.0. The van der Waals surface area contributed by atoms with Crippen LogP contribution in [-0.2, 0) is 10.0 Å². The van der Waals surface area contributed by atoms with Gasteiger partial charge in [-0.05, 0) is 56.5 Å². The Hall–Kier alpha value is -0.690. The molecular formula is C13H20ClFN2O2S. The summed E-state index contributed by atoms with van der Waals surface area (Å²) < 4.78 is 39.4. The second-order valence-corrected chi connectivity index (χ2v) is 6.62. The average Bonchev–Trinajstić information content (AvgIpc) is 2.40. The Balaban J connectivity index is 0.00000200. The van der Waals surface area contributed by atoms with Gasteiger partial charge in [0, 0.05) is 6.54 Å². The van der Waals surface area contributed by atoms with Gasteiger partial charge in [-0.2, -0.15) is 0 Å². The molecule has 1 atom stereocenters. The Labute approximate surface area is 125 Å². The second-order valence-electron chi connectivity index (χ2n) is 4.86. The third kappa shape index (κ3) is 5.01. The molecule has 4 nitrogen and oxygen atoms in total. The molecule has 0 spiro atoms. The molecule has 0 aromatic heterocycles. The van der Waals surface area contributed by atoms with E-state index in [1.807, 2.05) is 0 Å². The van der Waals surface area contributed by atoms with E-state index in [9.17, 15) is 12.8 Å². The van der Waals surface area contributed by atoms with E-state index in [1.54, 1.807) is 0 Å². The number of piperidine rings is 1. The maximum atomic E-state index is 13.0. The van der Waals surface area contributed by atoms with Gasteiger partial charge in [-0.1, -0.05) is 6.07 Å². The number of benzene rings is 1. The lowest BCUT2D eigenvalue weighted by molar-refractivity contribution is 0.358. The Bertz CT molecular complexity index is 519. The third-order valence-corrected chi connectivity index (χ3v) is 4.81. The van der Waals surface area contributed by atoms with Crippen LogP contribution in [0.3, 0.4) is 0 Å². The summed E-state index contributed by atoms with van der Waals surface area (Å²) in [6, 6.07) is 5.06. The van der Waals surface area contributed by atoms with Crippen LogP contribution in [0.25, 0.3) is 0 Å². The number of hydrogen-bond acceptors (Lipinski definition) is 3. The van der Waals surface area contributed by atoms with Crippen molar-refractivity contribution in [1.29, 1.82) is 0 Å². The van der Waals surface area contributed by atoms with E-state index in [0.717, 1.165) is 38.4 Å². The van der Waals surface area contributed by atoms with Crippen molar-refractivity contribution in [3.63, 3.8) is 0 Å². The molecule has 0 saturated carbocycles. The fourth-order valence-electron chi connectivity index (χ4n) is 2.29. The minimum atomic E-state index is -3.59. The van der Waals surface area contributed by atoms with Gasteiger partial charge in [-0.3, -0.25) is 0 Å². The van der Waals surface area contributed by atoms with Gasteiger partial charge in [0.25, 0.3) is 0 Å². The lowest BCUT2D eigenvalue weighted by Crippen LogP contribution is -2.33. The minimum Gasteiger partial charge on any atom is -0.316 e. The monoisotopic (exact) mass is 322 g/mol. The summed E-state index contributed by atoms with van der Waals surface area (Å²) in [5.74, 6) is -0.0247. The van der Waals surface area contributed by atoms with Crippen LogP contribution in [-0.4, -0.2) is 28.1 Å². The van der Waals surface area contributed by atoms with Crippen LogP contribution < -0.4 is 10.0 Å². The van der Waals surface area contributed by atoms with Gasteiger partial charge in [0.15, 0.2) is 0 Å². The lowest BCUT2D eigenvalue weighted by atomic mass is 9.96. The molecule has 0 radical (unpaired) electrons. The zero-order chi connectivity index (χ0) is 13.7. The molecule has 0 bridgehead atoms. The molecule has 1 aliphatic rings. The van der Waals surface area contributed by atoms with Gasteiger partial charge in [0.2, 0.25) is 10.0 Å². The first-order valence-electron chi connectivity index (χ1n) is 6.54. The molecule has 1 unspecified atom stereocenters. The molecule has 1 heterocycles. The number of halogens is 2. The summed E-state index contributed by atoms with van der Waals surface area (Å²) in [5, 5.41) is 3.29. The summed E-state index contributed by atoms with van der Waals surface area (Å²) in [5.41, 5.74) is 0. The molecule has 20 heavy (non-hydrogen) atoms. The zero-order valence-corrected chi connectivity index (χ0v) is 12.8. The number of sulfonamides is 1. The van der Waals surface area contributed by atoms with Gasteiger partial charge < -0.3 is 5.32 Å². The fraction of sp³-hybridized carbons (Fsp3) is 0.538. The van der Waals surface area contributed by atoms with Crippen LogP contribution in [0.15, 0.2) is 29.2 Å². The molecule has 0 amide bonds. The predicted octanol–water partition coefficient (Wildman–Crippen LogP) is 1.92. The van der Waals surface area contributed by atoms with Gasteiger partial charge >= 0.3 is 0 Å². The second kappa shape index (κ2) is 7.93. The van der Waals surface area contributed by atoms with Crippen molar-refractivity contribution in [2.45, 2.75) is 24.2 Å². The van der Waals surface area contributed by atoms with Crippen LogP contribution in [0.1, 0.15) is 19.3 Å². The fourth-order valence-corrected chi connectivity index (χ4v) is 3.36. The summed E-state index contributed by atoms with van der Waals surface area (Å²) in [6.45, 7) is 2.39.